The van der Waals surface area contributed by atoms with E-state index in [1.807, 2.05) is 42.5 Å². The number of carbonyl (C=O) groups excluding carboxylic acids is 2. The lowest BCUT2D eigenvalue weighted by Crippen LogP contribution is -2.63. The number of para-hydroxylation sites is 1. The van der Waals surface area contributed by atoms with Crippen LogP contribution in [0.5, 0.6) is 5.75 Å². The van der Waals surface area contributed by atoms with Gasteiger partial charge in [-0.3, -0.25) is 14.5 Å². The zero-order valence-electron chi connectivity index (χ0n) is 19.9. The maximum Gasteiger partial charge on any atom is 0.246 e. The van der Waals surface area contributed by atoms with E-state index in [0.717, 1.165) is 66.3 Å². The normalized spacial score (nSPS) is 22.9. The number of hydrogen-bond donors (Lipinski definition) is 1. The molecule has 0 unspecified atom stereocenters. The molecule has 4 heterocycles. The highest BCUT2D eigenvalue weighted by atomic mass is 16.5. The van der Waals surface area contributed by atoms with Crippen LogP contribution in [0.2, 0.25) is 0 Å². The summed E-state index contributed by atoms with van der Waals surface area (Å²) in [5, 5.41) is 1.11. The first-order valence-electron chi connectivity index (χ1n) is 12.3. The molecule has 0 radical (unpaired) electrons. The van der Waals surface area contributed by atoms with Crippen LogP contribution in [0.15, 0.2) is 48.5 Å². The van der Waals surface area contributed by atoms with Crippen LogP contribution in [0.1, 0.15) is 22.9 Å². The van der Waals surface area contributed by atoms with Gasteiger partial charge in [-0.25, -0.2) is 0 Å². The van der Waals surface area contributed by atoms with Crippen molar-refractivity contribution in [1.82, 2.24) is 19.7 Å². The Hall–Kier alpha value is -3.36. The number of ether oxygens (including phenoxy) is 2. The summed E-state index contributed by atoms with van der Waals surface area (Å²) in [7, 11) is 1.64. The fraction of sp³-hybridized carbons (Fsp3) is 0.407. The summed E-state index contributed by atoms with van der Waals surface area (Å²) < 4.78 is 10.9. The van der Waals surface area contributed by atoms with Gasteiger partial charge in [-0.05, 0) is 29.3 Å². The number of benzene rings is 2. The summed E-state index contributed by atoms with van der Waals surface area (Å²) in [6, 6.07) is 15.1. The summed E-state index contributed by atoms with van der Waals surface area (Å²) in [4.78, 5) is 36.9. The van der Waals surface area contributed by atoms with Gasteiger partial charge in [-0.15, -0.1) is 0 Å². The summed E-state index contributed by atoms with van der Waals surface area (Å²) >= 11 is 0. The molecule has 1 aromatic heterocycles. The van der Waals surface area contributed by atoms with E-state index in [-0.39, 0.29) is 24.4 Å². The molecule has 0 spiro atoms. The second kappa shape index (κ2) is 9.02. The summed E-state index contributed by atoms with van der Waals surface area (Å²) in [5.41, 5.74) is 4.06. The first-order chi connectivity index (χ1) is 17.1. The van der Waals surface area contributed by atoms with Crippen molar-refractivity contribution in [2.45, 2.75) is 18.5 Å². The van der Waals surface area contributed by atoms with Gasteiger partial charge in [0.15, 0.2) is 0 Å². The summed E-state index contributed by atoms with van der Waals surface area (Å²) in [5.74, 6) is 0.737. The standard InChI is InChI=1S/C27H30N4O4/c1-34-19-6-4-5-18(15-19)26-25-21(20-7-2-3-8-22(20)28-25)16-23-27(33)30(17-24(32)31(23)26)10-9-29-11-13-35-14-12-29/h2-8,15,23,26,28H,9-14,16-17H2,1H3/t23-,26+/m0/s1. The molecule has 2 atom stereocenters. The Bertz CT molecular complexity index is 1270. The average Bonchev–Trinajstić information content (AvgIpc) is 3.27. The first-order valence-corrected chi connectivity index (χ1v) is 12.3. The highest BCUT2D eigenvalue weighted by molar-refractivity contribution is 5.97. The van der Waals surface area contributed by atoms with Crippen LogP contribution in [-0.2, 0) is 20.7 Å². The Morgan fingerprint density at radius 3 is 2.71 bits per heavy atom. The molecule has 0 aliphatic carbocycles. The molecule has 2 aromatic carbocycles. The Morgan fingerprint density at radius 1 is 1.06 bits per heavy atom. The molecule has 0 saturated carbocycles. The third-order valence-electron chi connectivity index (χ3n) is 7.54. The molecule has 2 fully saturated rings. The van der Waals surface area contributed by atoms with Crippen LogP contribution < -0.4 is 4.74 Å². The zero-order chi connectivity index (χ0) is 23.9. The Morgan fingerprint density at radius 2 is 1.89 bits per heavy atom. The van der Waals surface area contributed by atoms with Gasteiger partial charge in [-0.2, -0.15) is 0 Å². The monoisotopic (exact) mass is 474 g/mol. The molecule has 1 N–H and O–H groups in total. The fourth-order valence-corrected chi connectivity index (χ4v) is 5.76. The van der Waals surface area contributed by atoms with Gasteiger partial charge in [0.05, 0.1) is 32.9 Å². The Kier molecular flexibility index (Phi) is 5.70. The second-order valence-corrected chi connectivity index (χ2v) is 9.48. The molecule has 3 aliphatic rings. The molecule has 3 aromatic rings. The first kappa shape index (κ1) is 22.1. The predicted octanol–water partition coefficient (Wildman–Crippen LogP) is 2.19. The third kappa shape index (κ3) is 3.86. The number of fused-ring (bicyclic) bond motifs is 4. The minimum atomic E-state index is -0.524. The zero-order valence-corrected chi connectivity index (χ0v) is 19.9. The molecule has 2 saturated heterocycles. The van der Waals surface area contributed by atoms with Crippen LogP contribution >= 0.6 is 0 Å². The summed E-state index contributed by atoms with van der Waals surface area (Å²) in [6.45, 7) is 4.58. The lowest BCUT2D eigenvalue weighted by atomic mass is 9.86. The number of amides is 2. The second-order valence-electron chi connectivity index (χ2n) is 9.48. The number of hydrogen-bond acceptors (Lipinski definition) is 5. The molecular formula is C27H30N4O4. The number of methoxy groups -OCH3 is 1. The molecule has 0 bridgehead atoms. The van der Waals surface area contributed by atoms with Crippen molar-refractivity contribution in [1.29, 1.82) is 0 Å². The molecule has 35 heavy (non-hydrogen) atoms. The number of rotatable bonds is 5. The van der Waals surface area contributed by atoms with Crippen molar-refractivity contribution in [3.05, 3.63) is 65.4 Å². The van der Waals surface area contributed by atoms with Gasteiger partial charge in [0.25, 0.3) is 0 Å². The van der Waals surface area contributed by atoms with Crippen LogP contribution in [0.25, 0.3) is 10.9 Å². The van der Waals surface area contributed by atoms with Crippen molar-refractivity contribution in [3.63, 3.8) is 0 Å². The maximum absolute atomic E-state index is 13.8. The van der Waals surface area contributed by atoms with Gasteiger partial charge in [0.2, 0.25) is 11.8 Å². The van der Waals surface area contributed by atoms with E-state index in [9.17, 15) is 9.59 Å². The van der Waals surface area contributed by atoms with E-state index in [4.69, 9.17) is 9.47 Å². The smallest absolute Gasteiger partial charge is 0.246 e. The van der Waals surface area contributed by atoms with Crippen molar-refractivity contribution in [3.8, 4) is 5.75 Å². The van der Waals surface area contributed by atoms with Gasteiger partial charge in [0.1, 0.15) is 11.8 Å². The number of H-pyrrole nitrogens is 1. The summed E-state index contributed by atoms with van der Waals surface area (Å²) in [6.07, 6.45) is 0.512. The Balaban J connectivity index is 1.38. The lowest BCUT2D eigenvalue weighted by Gasteiger charge is -2.47. The van der Waals surface area contributed by atoms with Crippen LogP contribution in [0, 0.1) is 0 Å². The molecule has 3 aliphatic heterocycles. The van der Waals surface area contributed by atoms with Crippen LogP contribution in [0.3, 0.4) is 0 Å². The maximum atomic E-state index is 13.8. The van der Waals surface area contributed by atoms with E-state index in [2.05, 4.69) is 16.0 Å². The largest absolute Gasteiger partial charge is 0.497 e. The van der Waals surface area contributed by atoms with Crippen molar-refractivity contribution >= 4 is 22.7 Å². The SMILES string of the molecule is COc1cccc([C@@H]2c3[nH]c4ccccc4c3C[C@H]3C(=O)N(CCN4CCOCC4)CC(=O)N23)c1. The molecule has 6 rings (SSSR count). The number of carbonyl (C=O) groups is 2. The van der Waals surface area contributed by atoms with Gasteiger partial charge in [-0.1, -0.05) is 30.3 Å². The number of aromatic amines is 1. The molecule has 182 valence electrons. The number of morpholine rings is 1. The minimum Gasteiger partial charge on any atom is -0.497 e. The predicted molar refractivity (Wildman–Crippen MR) is 131 cm³/mol. The molecule has 8 heteroatoms. The van der Waals surface area contributed by atoms with E-state index in [0.29, 0.717) is 13.0 Å². The highest BCUT2D eigenvalue weighted by Crippen LogP contribution is 2.43. The van der Waals surface area contributed by atoms with Gasteiger partial charge >= 0.3 is 0 Å². The lowest BCUT2D eigenvalue weighted by molar-refractivity contribution is -0.158. The fourth-order valence-electron chi connectivity index (χ4n) is 5.76. The quantitative estimate of drug-likeness (QED) is 0.614. The van der Waals surface area contributed by atoms with Crippen molar-refractivity contribution in [2.24, 2.45) is 0 Å². The van der Waals surface area contributed by atoms with Crippen molar-refractivity contribution < 1.29 is 19.1 Å². The Labute approximate surface area is 204 Å². The third-order valence-corrected chi connectivity index (χ3v) is 7.54. The highest BCUT2D eigenvalue weighted by Gasteiger charge is 2.48. The number of nitrogens with one attached hydrogen (secondary N) is 1. The topological polar surface area (TPSA) is 78.1 Å². The molecule has 2 amide bonds. The van der Waals surface area contributed by atoms with E-state index in [1.54, 1.807) is 16.9 Å². The van der Waals surface area contributed by atoms with Crippen molar-refractivity contribution in [2.75, 3.05) is 53.0 Å². The van der Waals surface area contributed by atoms with Crippen LogP contribution in [-0.4, -0.2) is 90.6 Å². The van der Waals surface area contributed by atoms with E-state index >= 15 is 0 Å². The number of nitrogens with zero attached hydrogens (tertiary/aromatic N) is 3. The van der Waals surface area contributed by atoms with E-state index in [1.165, 1.54) is 0 Å². The van der Waals surface area contributed by atoms with Crippen LogP contribution in [0.4, 0.5) is 0 Å². The van der Waals surface area contributed by atoms with Gasteiger partial charge in [0, 0.05) is 49.2 Å². The number of piperazine rings is 1. The van der Waals surface area contributed by atoms with E-state index < -0.39 is 6.04 Å². The minimum absolute atomic E-state index is 0.0197. The number of aromatic nitrogens is 1. The molecule has 8 nitrogen and oxygen atoms in total. The van der Waals surface area contributed by atoms with Gasteiger partial charge < -0.3 is 24.3 Å². The average molecular weight is 475 g/mol. The molecular weight excluding hydrogens is 444 g/mol.